The normalized spacial score (nSPS) is 12.7. The number of aliphatic hydroxyl groups is 1. The molecule has 4 heteroatoms. The van der Waals surface area contributed by atoms with E-state index in [9.17, 15) is 4.79 Å². The first-order chi connectivity index (χ1) is 6.96. The molecule has 2 N–H and O–H groups in total. The van der Waals surface area contributed by atoms with Crippen LogP contribution in [0.15, 0.2) is 11.6 Å². The molecule has 0 saturated carbocycles. The molecule has 0 spiro atoms. The molecule has 88 valence electrons. The molecule has 0 fully saturated rings. The number of rotatable bonds is 6. The lowest BCUT2D eigenvalue weighted by atomic mass is 10.1. The van der Waals surface area contributed by atoms with Crippen molar-refractivity contribution in [3.8, 4) is 0 Å². The maximum atomic E-state index is 11.2. The van der Waals surface area contributed by atoms with Crippen molar-refractivity contribution >= 4 is 5.97 Å². The van der Waals surface area contributed by atoms with Crippen LogP contribution in [0.2, 0.25) is 0 Å². The summed E-state index contributed by atoms with van der Waals surface area (Å²) in [6.45, 7) is 6.29. The Hall–Kier alpha value is -0.870. The molecule has 0 radical (unpaired) electrons. The van der Waals surface area contributed by atoms with Crippen molar-refractivity contribution in [3.63, 3.8) is 0 Å². The number of ether oxygens (including phenoxy) is 1. The summed E-state index contributed by atoms with van der Waals surface area (Å²) in [4.78, 5) is 11.2. The van der Waals surface area contributed by atoms with Gasteiger partial charge in [-0.05, 0) is 20.3 Å². The molecular weight excluding hydrogens is 194 g/mol. The lowest BCUT2D eigenvalue weighted by Crippen LogP contribution is -2.42. The van der Waals surface area contributed by atoms with Gasteiger partial charge in [0.25, 0.3) is 0 Å². The Morgan fingerprint density at radius 3 is 2.53 bits per heavy atom. The van der Waals surface area contributed by atoms with E-state index in [1.54, 1.807) is 6.08 Å². The first-order valence-electron chi connectivity index (χ1n) is 5.10. The van der Waals surface area contributed by atoms with Crippen LogP contribution in [0.1, 0.15) is 27.2 Å². The minimum absolute atomic E-state index is 0.0561. The van der Waals surface area contributed by atoms with E-state index in [4.69, 9.17) is 5.11 Å². The molecule has 4 nitrogen and oxygen atoms in total. The minimum Gasteiger partial charge on any atom is -0.466 e. The quantitative estimate of drug-likeness (QED) is 0.509. The molecule has 0 saturated heterocycles. The first kappa shape index (κ1) is 14.1. The van der Waals surface area contributed by atoms with E-state index in [2.05, 4.69) is 10.1 Å². The van der Waals surface area contributed by atoms with Crippen molar-refractivity contribution < 1.29 is 14.6 Å². The van der Waals surface area contributed by atoms with E-state index < -0.39 is 0 Å². The van der Waals surface area contributed by atoms with Crippen molar-refractivity contribution in [2.75, 3.05) is 20.3 Å². The molecule has 0 heterocycles. The summed E-state index contributed by atoms with van der Waals surface area (Å²) in [5.41, 5.74) is 0.324. The third-order valence-electron chi connectivity index (χ3n) is 2.15. The summed E-state index contributed by atoms with van der Waals surface area (Å²) < 4.78 is 4.63. The average Bonchev–Trinajstić information content (AvgIpc) is 2.23. The van der Waals surface area contributed by atoms with Crippen LogP contribution < -0.4 is 5.32 Å². The SMILES string of the molecule is CCC(=CCNC(C)(C)CO)C(=O)OC. The molecule has 0 aliphatic carbocycles. The molecule has 0 unspecified atom stereocenters. The number of methoxy groups -OCH3 is 1. The maximum absolute atomic E-state index is 11.2. The Balaban J connectivity index is 4.19. The highest BCUT2D eigenvalue weighted by Gasteiger charge is 2.14. The Bertz CT molecular complexity index is 234. The van der Waals surface area contributed by atoms with Gasteiger partial charge in [-0.25, -0.2) is 4.79 Å². The molecule has 15 heavy (non-hydrogen) atoms. The molecule has 0 bridgehead atoms. The largest absolute Gasteiger partial charge is 0.466 e. The van der Waals surface area contributed by atoms with E-state index in [1.807, 2.05) is 20.8 Å². The Kier molecular flexibility index (Phi) is 6.20. The molecule has 0 atom stereocenters. The van der Waals surface area contributed by atoms with E-state index >= 15 is 0 Å². The third-order valence-corrected chi connectivity index (χ3v) is 2.15. The second kappa shape index (κ2) is 6.58. The summed E-state index contributed by atoms with van der Waals surface area (Å²) in [7, 11) is 1.37. The minimum atomic E-state index is -0.328. The van der Waals surface area contributed by atoms with Gasteiger partial charge in [-0.3, -0.25) is 0 Å². The fraction of sp³-hybridized carbons (Fsp3) is 0.727. The summed E-state index contributed by atoms with van der Waals surface area (Å²) in [5.74, 6) is -0.291. The Morgan fingerprint density at radius 1 is 1.53 bits per heavy atom. The van der Waals surface area contributed by atoms with E-state index in [1.165, 1.54) is 7.11 Å². The predicted octanol–water partition coefficient (Wildman–Crippen LogP) is 0.856. The van der Waals surface area contributed by atoms with Gasteiger partial charge in [-0.1, -0.05) is 13.0 Å². The van der Waals surface area contributed by atoms with E-state index in [0.717, 1.165) is 0 Å². The smallest absolute Gasteiger partial charge is 0.333 e. The molecule has 0 aromatic carbocycles. The maximum Gasteiger partial charge on any atom is 0.333 e. The standard InChI is InChI=1S/C11H21NO3/c1-5-9(10(14)15-4)6-7-12-11(2,3)8-13/h6,12-13H,5,7-8H2,1-4H3. The number of aliphatic hydroxyl groups excluding tert-OH is 1. The fourth-order valence-electron chi connectivity index (χ4n) is 1.01. The van der Waals surface area contributed by atoms with Gasteiger partial charge < -0.3 is 15.2 Å². The third kappa shape index (κ3) is 5.54. The van der Waals surface area contributed by atoms with Crippen LogP contribution in [-0.2, 0) is 9.53 Å². The number of carbonyl (C=O) groups is 1. The van der Waals surface area contributed by atoms with Gasteiger partial charge in [0.05, 0.1) is 13.7 Å². The number of nitrogens with one attached hydrogen (secondary N) is 1. The van der Waals surface area contributed by atoms with Gasteiger partial charge in [-0.2, -0.15) is 0 Å². The van der Waals surface area contributed by atoms with Crippen molar-refractivity contribution in [1.82, 2.24) is 5.32 Å². The van der Waals surface area contributed by atoms with E-state index in [0.29, 0.717) is 18.5 Å². The van der Waals surface area contributed by atoms with Crippen LogP contribution in [0, 0.1) is 0 Å². The fourth-order valence-corrected chi connectivity index (χ4v) is 1.01. The summed E-state index contributed by atoms with van der Waals surface area (Å²) >= 11 is 0. The van der Waals surface area contributed by atoms with Crippen molar-refractivity contribution in [2.24, 2.45) is 0 Å². The zero-order valence-electron chi connectivity index (χ0n) is 9.96. The zero-order valence-corrected chi connectivity index (χ0v) is 9.96. The highest BCUT2D eigenvalue weighted by Crippen LogP contribution is 2.04. The van der Waals surface area contributed by atoms with Crippen LogP contribution in [0.5, 0.6) is 0 Å². The van der Waals surface area contributed by atoms with Gasteiger partial charge in [0.15, 0.2) is 0 Å². The molecule has 0 aromatic heterocycles. The van der Waals surface area contributed by atoms with Gasteiger partial charge in [0, 0.05) is 17.7 Å². The van der Waals surface area contributed by atoms with Gasteiger partial charge in [0.2, 0.25) is 0 Å². The number of hydrogen-bond donors (Lipinski definition) is 2. The lowest BCUT2D eigenvalue weighted by molar-refractivity contribution is -0.136. The number of hydrogen-bond acceptors (Lipinski definition) is 4. The van der Waals surface area contributed by atoms with Crippen LogP contribution >= 0.6 is 0 Å². The Morgan fingerprint density at radius 2 is 2.13 bits per heavy atom. The average molecular weight is 215 g/mol. The molecule has 0 aromatic rings. The first-order valence-corrected chi connectivity index (χ1v) is 5.10. The van der Waals surface area contributed by atoms with Gasteiger partial charge in [-0.15, -0.1) is 0 Å². The van der Waals surface area contributed by atoms with E-state index in [-0.39, 0.29) is 18.1 Å². The predicted molar refractivity (Wildman–Crippen MR) is 59.6 cm³/mol. The molecular formula is C11H21NO3. The van der Waals surface area contributed by atoms with Crippen molar-refractivity contribution in [1.29, 1.82) is 0 Å². The van der Waals surface area contributed by atoms with Gasteiger partial charge >= 0.3 is 5.97 Å². The van der Waals surface area contributed by atoms with Crippen LogP contribution in [0.25, 0.3) is 0 Å². The van der Waals surface area contributed by atoms with Crippen molar-refractivity contribution in [3.05, 3.63) is 11.6 Å². The number of carbonyl (C=O) groups excluding carboxylic acids is 1. The topological polar surface area (TPSA) is 58.6 Å². The second-order valence-corrected chi connectivity index (χ2v) is 4.00. The monoisotopic (exact) mass is 215 g/mol. The van der Waals surface area contributed by atoms with Crippen LogP contribution in [0.3, 0.4) is 0 Å². The highest BCUT2D eigenvalue weighted by atomic mass is 16.5. The van der Waals surface area contributed by atoms with Crippen molar-refractivity contribution in [2.45, 2.75) is 32.7 Å². The van der Waals surface area contributed by atoms with Crippen LogP contribution in [-0.4, -0.2) is 36.9 Å². The van der Waals surface area contributed by atoms with Gasteiger partial charge in [0.1, 0.15) is 0 Å². The summed E-state index contributed by atoms with van der Waals surface area (Å²) in [5, 5.41) is 12.1. The lowest BCUT2D eigenvalue weighted by Gasteiger charge is -2.22. The second-order valence-electron chi connectivity index (χ2n) is 4.00. The molecule has 0 amide bonds. The summed E-state index contributed by atoms with van der Waals surface area (Å²) in [6.07, 6.45) is 2.44. The number of esters is 1. The Labute approximate surface area is 91.3 Å². The van der Waals surface area contributed by atoms with Crippen LogP contribution in [0.4, 0.5) is 0 Å². The highest BCUT2D eigenvalue weighted by molar-refractivity contribution is 5.88. The zero-order chi connectivity index (χ0) is 11.9. The molecule has 0 aliphatic rings. The molecule has 0 aliphatic heterocycles. The summed E-state index contributed by atoms with van der Waals surface area (Å²) in [6, 6.07) is 0. The molecule has 0 rings (SSSR count).